The Morgan fingerprint density at radius 3 is 2.87 bits per heavy atom. The first-order valence-corrected chi connectivity index (χ1v) is 7.87. The maximum Gasteiger partial charge on any atom is 0.187 e. The first-order valence-electron chi connectivity index (χ1n) is 6.71. The van der Waals surface area contributed by atoms with E-state index in [9.17, 15) is 0 Å². The highest BCUT2D eigenvalue weighted by Gasteiger charge is 2.06. The number of methoxy groups -OCH3 is 1. The number of furan rings is 1. The lowest BCUT2D eigenvalue weighted by Gasteiger charge is -2.05. The topological polar surface area (TPSA) is 58.8 Å². The maximum atomic E-state index is 6.00. The summed E-state index contributed by atoms with van der Waals surface area (Å²) in [5.74, 6) is 1.25. The highest BCUT2D eigenvalue weighted by atomic mass is 35.5. The lowest BCUT2D eigenvalue weighted by molar-refractivity contribution is 0.204. The number of halogens is 2. The third kappa shape index (κ3) is 5.51. The molecule has 5 nitrogen and oxygen atoms in total. The number of thiocarbonyl (C=S) groups is 1. The normalized spacial score (nSPS) is 10.9. The highest BCUT2D eigenvalue weighted by Crippen LogP contribution is 2.29. The van der Waals surface area contributed by atoms with Gasteiger partial charge in [0.15, 0.2) is 5.11 Å². The Balaban J connectivity index is 1.93. The first-order chi connectivity index (χ1) is 11.1. The molecule has 1 aromatic carbocycles. The Hall–Kier alpha value is -1.60. The van der Waals surface area contributed by atoms with E-state index >= 15 is 0 Å². The Morgan fingerprint density at radius 1 is 1.30 bits per heavy atom. The van der Waals surface area contributed by atoms with Crippen molar-refractivity contribution in [2.24, 2.45) is 5.10 Å². The number of nitrogens with one attached hydrogen (secondary N) is 2. The van der Waals surface area contributed by atoms with Gasteiger partial charge in [0, 0.05) is 19.2 Å². The summed E-state index contributed by atoms with van der Waals surface area (Å²) in [4.78, 5) is 0. The maximum absolute atomic E-state index is 6.00. The summed E-state index contributed by atoms with van der Waals surface area (Å²) in [6, 6.07) is 8.93. The van der Waals surface area contributed by atoms with Gasteiger partial charge in [0.25, 0.3) is 0 Å². The van der Waals surface area contributed by atoms with E-state index < -0.39 is 0 Å². The molecular weight excluding hydrogens is 357 g/mol. The zero-order valence-corrected chi connectivity index (χ0v) is 14.6. The van der Waals surface area contributed by atoms with E-state index in [-0.39, 0.29) is 0 Å². The summed E-state index contributed by atoms with van der Waals surface area (Å²) in [6.45, 7) is 1.18. The molecule has 0 atom stereocenters. The zero-order valence-electron chi connectivity index (χ0n) is 12.3. The van der Waals surface area contributed by atoms with Crippen molar-refractivity contribution >= 4 is 46.7 Å². The van der Waals surface area contributed by atoms with E-state index in [4.69, 9.17) is 44.6 Å². The van der Waals surface area contributed by atoms with Crippen LogP contribution in [0.4, 0.5) is 0 Å². The van der Waals surface area contributed by atoms with Crippen LogP contribution in [0.3, 0.4) is 0 Å². The predicted octanol–water partition coefficient (Wildman–Crippen LogP) is 3.70. The number of benzene rings is 1. The minimum Gasteiger partial charge on any atom is -0.455 e. The molecule has 1 heterocycles. The molecule has 2 N–H and O–H groups in total. The monoisotopic (exact) mass is 371 g/mol. The Kier molecular flexibility index (Phi) is 6.85. The fraction of sp³-hybridized carbons (Fsp3) is 0.200. The number of ether oxygens (including phenoxy) is 1. The Labute approximate surface area is 149 Å². The van der Waals surface area contributed by atoms with Crippen LogP contribution < -0.4 is 10.7 Å². The van der Waals surface area contributed by atoms with Crippen LogP contribution in [0.25, 0.3) is 11.3 Å². The molecule has 0 aliphatic carbocycles. The molecule has 0 spiro atoms. The van der Waals surface area contributed by atoms with E-state index in [2.05, 4.69) is 15.8 Å². The summed E-state index contributed by atoms with van der Waals surface area (Å²) in [5.41, 5.74) is 3.53. The minimum absolute atomic E-state index is 0.412. The standard InChI is InChI=1S/C15H15Cl2N3O2S/c1-21-7-6-18-15(23)20-19-9-11-3-5-14(22-11)10-2-4-12(16)13(17)8-10/h2-5,8-9H,6-7H2,1H3,(H2,18,20,23)/b19-9-. The van der Waals surface area contributed by atoms with Gasteiger partial charge in [-0.05, 0) is 42.5 Å². The molecular formula is C15H15Cl2N3O2S. The van der Waals surface area contributed by atoms with Crippen LogP contribution in [0.1, 0.15) is 5.76 Å². The van der Waals surface area contributed by atoms with Gasteiger partial charge >= 0.3 is 0 Å². The predicted molar refractivity (Wildman–Crippen MR) is 97.4 cm³/mol. The van der Waals surface area contributed by atoms with Gasteiger partial charge in [0.2, 0.25) is 0 Å². The van der Waals surface area contributed by atoms with Crippen molar-refractivity contribution in [1.29, 1.82) is 0 Å². The number of hydrazone groups is 1. The number of hydrogen-bond acceptors (Lipinski definition) is 4. The van der Waals surface area contributed by atoms with Crippen molar-refractivity contribution in [3.63, 3.8) is 0 Å². The van der Waals surface area contributed by atoms with E-state index in [0.717, 1.165) is 5.56 Å². The second-order valence-electron chi connectivity index (χ2n) is 4.45. The smallest absolute Gasteiger partial charge is 0.187 e. The van der Waals surface area contributed by atoms with Crippen LogP contribution in [0, 0.1) is 0 Å². The average Bonchev–Trinajstić information content (AvgIpc) is 2.99. The number of rotatable bonds is 6. The number of hydrogen-bond donors (Lipinski definition) is 2. The molecule has 23 heavy (non-hydrogen) atoms. The fourth-order valence-corrected chi connectivity index (χ4v) is 2.14. The molecule has 0 saturated heterocycles. The molecule has 2 rings (SSSR count). The average molecular weight is 372 g/mol. The molecule has 0 aliphatic heterocycles. The van der Waals surface area contributed by atoms with Gasteiger partial charge < -0.3 is 14.5 Å². The quantitative estimate of drug-likeness (QED) is 0.351. The van der Waals surface area contributed by atoms with E-state index in [0.29, 0.717) is 39.8 Å². The zero-order chi connectivity index (χ0) is 16.7. The molecule has 122 valence electrons. The van der Waals surface area contributed by atoms with Crippen molar-refractivity contribution in [3.8, 4) is 11.3 Å². The molecule has 1 aromatic heterocycles. The van der Waals surface area contributed by atoms with Crippen LogP contribution in [0.2, 0.25) is 10.0 Å². The van der Waals surface area contributed by atoms with Gasteiger partial charge in [0.1, 0.15) is 11.5 Å². The van der Waals surface area contributed by atoms with Crippen molar-refractivity contribution in [2.45, 2.75) is 0 Å². The largest absolute Gasteiger partial charge is 0.455 e. The lowest BCUT2D eigenvalue weighted by atomic mass is 10.2. The molecule has 2 aromatic rings. The molecule has 0 saturated carbocycles. The lowest BCUT2D eigenvalue weighted by Crippen LogP contribution is -2.34. The number of nitrogens with zero attached hydrogens (tertiary/aromatic N) is 1. The van der Waals surface area contributed by atoms with Crippen molar-refractivity contribution in [1.82, 2.24) is 10.7 Å². The third-order valence-corrected chi connectivity index (χ3v) is 3.76. The van der Waals surface area contributed by atoms with Crippen LogP contribution >= 0.6 is 35.4 Å². The summed E-state index contributed by atoms with van der Waals surface area (Å²) in [7, 11) is 1.62. The van der Waals surface area contributed by atoms with E-state index in [1.54, 1.807) is 25.3 Å². The van der Waals surface area contributed by atoms with Gasteiger partial charge in [-0.3, -0.25) is 5.43 Å². The fourth-order valence-electron chi connectivity index (χ4n) is 1.69. The van der Waals surface area contributed by atoms with Crippen molar-refractivity contribution < 1.29 is 9.15 Å². The van der Waals surface area contributed by atoms with Crippen molar-refractivity contribution in [3.05, 3.63) is 46.1 Å². The van der Waals surface area contributed by atoms with Crippen LogP contribution in [0.5, 0.6) is 0 Å². The summed E-state index contributed by atoms with van der Waals surface area (Å²) < 4.78 is 10.6. The second-order valence-corrected chi connectivity index (χ2v) is 5.67. The molecule has 0 unspecified atom stereocenters. The SMILES string of the molecule is COCCNC(=S)N/N=C\c1ccc(-c2ccc(Cl)c(Cl)c2)o1. The summed E-state index contributed by atoms with van der Waals surface area (Å²) in [5, 5.41) is 8.33. The van der Waals surface area contributed by atoms with Gasteiger partial charge in [-0.1, -0.05) is 23.2 Å². The molecule has 0 radical (unpaired) electrons. The Morgan fingerprint density at radius 2 is 2.13 bits per heavy atom. The van der Waals surface area contributed by atoms with Crippen LogP contribution in [0.15, 0.2) is 39.9 Å². The van der Waals surface area contributed by atoms with Gasteiger partial charge in [-0.2, -0.15) is 5.10 Å². The summed E-state index contributed by atoms with van der Waals surface area (Å²) >= 11 is 16.9. The van der Waals surface area contributed by atoms with Gasteiger partial charge in [0.05, 0.1) is 22.9 Å². The first kappa shape index (κ1) is 17.7. The Bertz CT molecular complexity index is 704. The molecule has 8 heteroatoms. The molecule has 0 fully saturated rings. The van der Waals surface area contributed by atoms with Crippen LogP contribution in [-0.4, -0.2) is 31.6 Å². The highest BCUT2D eigenvalue weighted by molar-refractivity contribution is 7.80. The molecule has 0 amide bonds. The summed E-state index contributed by atoms with van der Waals surface area (Å²) in [6.07, 6.45) is 1.53. The minimum atomic E-state index is 0.412. The van der Waals surface area contributed by atoms with Crippen LogP contribution in [-0.2, 0) is 4.74 Å². The molecule has 0 aliphatic rings. The van der Waals surface area contributed by atoms with Crippen molar-refractivity contribution in [2.75, 3.05) is 20.3 Å². The van der Waals surface area contributed by atoms with E-state index in [1.807, 2.05) is 12.1 Å². The second kappa shape index (κ2) is 8.88. The van der Waals surface area contributed by atoms with Gasteiger partial charge in [-0.15, -0.1) is 0 Å². The molecule has 0 bridgehead atoms. The van der Waals surface area contributed by atoms with Gasteiger partial charge in [-0.25, -0.2) is 0 Å². The van der Waals surface area contributed by atoms with E-state index in [1.165, 1.54) is 6.21 Å². The third-order valence-electron chi connectivity index (χ3n) is 2.78.